The highest BCUT2D eigenvalue weighted by Gasteiger charge is 2.20. The Balaban J connectivity index is 1.43. The SMILES string of the molecule is COc1cccc(-n2c(=O)c3ccccc3n3c(SCC(=O)c4ccc5c(c4)CCC5)nnc23)c1. The summed E-state index contributed by atoms with van der Waals surface area (Å²) in [4.78, 5) is 26.5. The molecule has 7 nitrogen and oxygen atoms in total. The number of thioether (sulfide) groups is 1. The third kappa shape index (κ3) is 3.70. The summed E-state index contributed by atoms with van der Waals surface area (Å²) in [5.41, 5.74) is 4.48. The standard InChI is InChI=1S/C27H22N4O3S/c1-34-21-9-5-8-20(15-21)30-25(33)22-10-2-3-11-23(22)31-26(30)28-29-27(31)35-16-24(32)19-13-12-17-6-4-7-18(17)14-19/h2-3,5,8-15H,4,6-7,16H2,1H3. The van der Waals surface area contributed by atoms with Crippen LogP contribution in [-0.4, -0.2) is 37.8 Å². The highest BCUT2D eigenvalue weighted by Crippen LogP contribution is 2.27. The van der Waals surface area contributed by atoms with Gasteiger partial charge < -0.3 is 4.74 Å². The van der Waals surface area contributed by atoms with Gasteiger partial charge in [0.15, 0.2) is 10.9 Å². The largest absolute Gasteiger partial charge is 0.497 e. The molecule has 0 saturated carbocycles. The smallest absolute Gasteiger partial charge is 0.267 e. The van der Waals surface area contributed by atoms with E-state index in [-0.39, 0.29) is 17.1 Å². The summed E-state index contributed by atoms with van der Waals surface area (Å²) < 4.78 is 8.73. The Morgan fingerprint density at radius 3 is 2.74 bits per heavy atom. The molecule has 8 heteroatoms. The van der Waals surface area contributed by atoms with E-state index < -0.39 is 0 Å². The van der Waals surface area contributed by atoms with Crippen molar-refractivity contribution in [2.45, 2.75) is 24.4 Å². The van der Waals surface area contributed by atoms with Crippen molar-refractivity contribution in [1.29, 1.82) is 0 Å². The van der Waals surface area contributed by atoms with Gasteiger partial charge in [-0.05, 0) is 60.7 Å². The van der Waals surface area contributed by atoms with Gasteiger partial charge in [0.25, 0.3) is 5.56 Å². The van der Waals surface area contributed by atoms with Crippen LogP contribution in [0.4, 0.5) is 0 Å². The van der Waals surface area contributed by atoms with Crippen LogP contribution in [0.25, 0.3) is 22.4 Å². The molecule has 0 aliphatic heterocycles. The number of rotatable bonds is 6. The van der Waals surface area contributed by atoms with Gasteiger partial charge in [-0.15, -0.1) is 10.2 Å². The molecule has 1 aliphatic carbocycles. The van der Waals surface area contributed by atoms with Crippen LogP contribution in [0, 0.1) is 0 Å². The zero-order valence-corrected chi connectivity index (χ0v) is 19.9. The summed E-state index contributed by atoms with van der Waals surface area (Å²) >= 11 is 1.32. The van der Waals surface area contributed by atoms with Crippen molar-refractivity contribution in [3.05, 3.63) is 93.8 Å². The van der Waals surface area contributed by atoms with Crippen molar-refractivity contribution >= 4 is 34.2 Å². The molecular formula is C27H22N4O3S. The number of benzene rings is 3. The number of nitrogens with zero attached hydrogens (tertiary/aromatic N) is 4. The van der Waals surface area contributed by atoms with Crippen LogP contribution in [0.15, 0.2) is 76.7 Å². The minimum atomic E-state index is -0.195. The normalized spacial score (nSPS) is 12.8. The van der Waals surface area contributed by atoms with E-state index in [9.17, 15) is 9.59 Å². The summed E-state index contributed by atoms with van der Waals surface area (Å²) in [6.07, 6.45) is 3.27. The van der Waals surface area contributed by atoms with Crippen LogP contribution in [-0.2, 0) is 12.8 Å². The molecule has 0 fully saturated rings. The van der Waals surface area contributed by atoms with Gasteiger partial charge in [0, 0.05) is 11.6 Å². The van der Waals surface area contributed by atoms with Crippen molar-refractivity contribution in [2.75, 3.05) is 12.9 Å². The fraction of sp³-hybridized carbons (Fsp3) is 0.185. The number of methoxy groups -OCH3 is 1. The molecule has 5 aromatic rings. The molecule has 2 aromatic heterocycles. The van der Waals surface area contributed by atoms with E-state index in [0.717, 1.165) is 24.8 Å². The molecule has 174 valence electrons. The second-order valence-electron chi connectivity index (χ2n) is 8.53. The number of para-hydroxylation sites is 1. The van der Waals surface area contributed by atoms with Gasteiger partial charge in [-0.3, -0.25) is 14.0 Å². The minimum absolute atomic E-state index is 0.0480. The van der Waals surface area contributed by atoms with Crippen molar-refractivity contribution in [3.8, 4) is 11.4 Å². The molecule has 0 unspecified atom stereocenters. The van der Waals surface area contributed by atoms with Crippen LogP contribution in [0.2, 0.25) is 0 Å². The first kappa shape index (κ1) is 21.6. The van der Waals surface area contributed by atoms with Crippen LogP contribution in [0.3, 0.4) is 0 Å². The number of hydrogen-bond acceptors (Lipinski definition) is 6. The molecule has 0 amide bonds. The van der Waals surface area contributed by atoms with Crippen molar-refractivity contribution < 1.29 is 9.53 Å². The molecule has 0 saturated heterocycles. The van der Waals surface area contributed by atoms with Crippen LogP contribution in [0.5, 0.6) is 5.75 Å². The predicted octanol–water partition coefficient (Wildman–Crippen LogP) is 4.51. The van der Waals surface area contributed by atoms with Gasteiger partial charge in [-0.1, -0.05) is 42.1 Å². The Morgan fingerprint density at radius 2 is 1.86 bits per heavy atom. The molecule has 3 aromatic carbocycles. The fourth-order valence-corrected chi connectivity index (χ4v) is 5.55. The van der Waals surface area contributed by atoms with Gasteiger partial charge in [0.1, 0.15) is 5.75 Å². The Labute approximate surface area is 205 Å². The van der Waals surface area contributed by atoms with E-state index in [1.807, 2.05) is 52.9 Å². The first-order valence-corrected chi connectivity index (χ1v) is 12.4. The second kappa shape index (κ2) is 8.70. The molecule has 0 bridgehead atoms. The minimum Gasteiger partial charge on any atom is -0.497 e. The summed E-state index contributed by atoms with van der Waals surface area (Å²) in [6, 6.07) is 20.7. The molecule has 0 N–H and O–H groups in total. The van der Waals surface area contributed by atoms with E-state index in [4.69, 9.17) is 4.74 Å². The molecule has 1 aliphatic rings. The van der Waals surface area contributed by atoms with Crippen LogP contribution in [0.1, 0.15) is 27.9 Å². The van der Waals surface area contributed by atoms with Gasteiger partial charge in [-0.2, -0.15) is 0 Å². The molecule has 0 radical (unpaired) electrons. The van der Waals surface area contributed by atoms with Crippen molar-refractivity contribution in [3.63, 3.8) is 0 Å². The van der Waals surface area contributed by atoms with Gasteiger partial charge >= 0.3 is 0 Å². The zero-order chi connectivity index (χ0) is 23.9. The summed E-state index contributed by atoms with van der Waals surface area (Å²) in [7, 11) is 1.59. The number of aryl methyl sites for hydroxylation is 2. The lowest BCUT2D eigenvalue weighted by atomic mass is 10.0. The predicted molar refractivity (Wildman–Crippen MR) is 136 cm³/mol. The van der Waals surface area contributed by atoms with Gasteiger partial charge in [0.05, 0.1) is 29.5 Å². The topological polar surface area (TPSA) is 78.5 Å². The van der Waals surface area contributed by atoms with E-state index in [1.165, 1.54) is 27.5 Å². The molecule has 0 spiro atoms. The van der Waals surface area contributed by atoms with Crippen LogP contribution < -0.4 is 10.3 Å². The Kier molecular flexibility index (Phi) is 5.37. The quantitative estimate of drug-likeness (QED) is 0.262. The van der Waals surface area contributed by atoms with Gasteiger partial charge in [0.2, 0.25) is 5.78 Å². The first-order chi connectivity index (χ1) is 17.1. The summed E-state index contributed by atoms with van der Waals surface area (Å²) in [6.45, 7) is 0. The maximum Gasteiger partial charge on any atom is 0.267 e. The number of ether oxygens (including phenoxy) is 1. The lowest BCUT2D eigenvalue weighted by molar-refractivity contribution is 0.102. The average molecular weight is 483 g/mol. The summed E-state index contributed by atoms with van der Waals surface area (Å²) in [5.74, 6) is 1.29. The highest BCUT2D eigenvalue weighted by atomic mass is 32.2. The third-order valence-corrected chi connectivity index (χ3v) is 7.39. The number of hydrogen-bond donors (Lipinski definition) is 0. The number of carbonyl (C=O) groups excluding carboxylic acids is 1. The lowest BCUT2D eigenvalue weighted by Crippen LogP contribution is -2.22. The monoisotopic (exact) mass is 482 g/mol. The number of fused-ring (bicyclic) bond motifs is 4. The molecule has 35 heavy (non-hydrogen) atoms. The molecule has 2 heterocycles. The molecular weight excluding hydrogens is 460 g/mol. The summed E-state index contributed by atoms with van der Waals surface area (Å²) in [5, 5.41) is 9.83. The first-order valence-electron chi connectivity index (χ1n) is 11.4. The number of ketones is 1. The third-order valence-electron chi connectivity index (χ3n) is 6.46. The molecule has 0 atom stereocenters. The maximum absolute atomic E-state index is 13.5. The van der Waals surface area contributed by atoms with E-state index >= 15 is 0 Å². The zero-order valence-electron chi connectivity index (χ0n) is 19.1. The number of carbonyl (C=O) groups is 1. The lowest BCUT2D eigenvalue weighted by Gasteiger charge is -2.12. The fourth-order valence-electron chi connectivity index (χ4n) is 4.71. The molecule has 6 rings (SSSR count). The van der Waals surface area contributed by atoms with Crippen molar-refractivity contribution in [1.82, 2.24) is 19.2 Å². The van der Waals surface area contributed by atoms with Crippen LogP contribution >= 0.6 is 11.8 Å². The Morgan fingerprint density at radius 1 is 1.00 bits per heavy atom. The van der Waals surface area contributed by atoms with Crippen molar-refractivity contribution in [2.24, 2.45) is 0 Å². The van der Waals surface area contributed by atoms with E-state index in [1.54, 1.807) is 19.2 Å². The van der Waals surface area contributed by atoms with Gasteiger partial charge in [-0.25, -0.2) is 4.57 Å². The Hall–Kier alpha value is -3.91. The highest BCUT2D eigenvalue weighted by molar-refractivity contribution is 7.99. The maximum atomic E-state index is 13.5. The number of aromatic nitrogens is 4. The number of Topliss-reactive ketones (excluding diaryl/α,β-unsaturated/α-hetero) is 1. The van der Waals surface area contributed by atoms with E-state index in [2.05, 4.69) is 16.3 Å². The van der Waals surface area contributed by atoms with E-state index in [0.29, 0.717) is 33.3 Å². The average Bonchev–Trinajstić information content (AvgIpc) is 3.54. The Bertz CT molecular complexity index is 1670. The second-order valence-corrected chi connectivity index (χ2v) is 9.47.